The zero-order valence-electron chi connectivity index (χ0n) is 12.8. The van der Waals surface area contributed by atoms with Crippen molar-refractivity contribution in [3.63, 3.8) is 0 Å². The third-order valence-electron chi connectivity index (χ3n) is 4.13. The normalized spacial score (nSPS) is 23.4. The Morgan fingerprint density at radius 1 is 1.45 bits per heavy atom. The minimum absolute atomic E-state index is 0.0158. The van der Waals surface area contributed by atoms with Crippen molar-refractivity contribution in [2.45, 2.75) is 52.1 Å². The van der Waals surface area contributed by atoms with E-state index >= 15 is 0 Å². The minimum atomic E-state index is -0.325. The second-order valence-electron chi connectivity index (χ2n) is 5.43. The van der Waals surface area contributed by atoms with Crippen LogP contribution in [-0.4, -0.2) is 31.1 Å². The summed E-state index contributed by atoms with van der Waals surface area (Å²) in [6.07, 6.45) is 4.32. The number of esters is 1. The molecule has 0 saturated carbocycles. The number of hydrogen-bond acceptors (Lipinski definition) is 4. The average Bonchev–Trinajstić information content (AvgIpc) is 2.79. The first kappa shape index (κ1) is 16.7. The van der Waals surface area contributed by atoms with E-state index in [2.05, 4.69) is 19.2 Å². The van der Waals surface area contributed by atoms with Crippen LogP contribution in [0.25, 0.3) is 0 Å². The van der Waals surface area contributed by atoms with Crippen LogP contribution in [0.3, 0.4) is 0 Å². The predicted molar refractivity (Wildman–Crippen MR) is 77.9 cm³/mol. The Morgan fingerprint density at radius 2 is 2.05 bits per heavy atom. The van der Waals surface area contributed by atoms with Gasteiger partial charge in [0.25, 0.3) is 0 Å². The van der Waals surface area contributed by atoms with E-state index in [9.17, 15) is 9.59 Å². The molecule has 1 rings (SSSR count). The Morgan fingerprint density at radius 3 is 2.50 bits per heavy atom. The third kappa shape index (κ3) is 3.82. The quantitative estimate of drug-likeness (QED) is 0.721. The number of nitrogens with one attached hydrogen (secondary N) is 1. The maximum atomic E-state index is 11.6. The number of methoxy groups -OCH3 is 1. The molecule has 1 amide bonds. The summed E-state index contributed by atoms with van der Waals surface area (Å²) < 4.78 is 4.75. The molecule has 114 valence electrons. The summed E-state index contributed by atoms with van der Waals surface area (Å²) in [7, 11) is 1.37. The lowest BCUT2D eigenvalue weighted by atomic mass is 9.82. The summed E-state index contributed by atoms with van der Waals surface area (Å²) in [5.74, 6) is -0.0517. The zero-order chi connectivity index (χ0) is 15.3. The first-order chi connectivity index (χ1) is 9.44. The van der Waals surface area contributed by atoms with E-state index < -0.39 is 0 Å². The van der Waals surface area contributed by atoms with Crippen LogP contribution in [0.4, 0.5) is 0 Å². The smallest absolute Gasteiger partial charge is 0.333 e. The van der Waals surface area contributed by atoms with Crippen LogP contribution in [-0.2, 0) is 14.3 Å². The molecule has 0 aromatic rings. The highest BCUT2D eigenvalue weighted by Gasteiger charge is 2.37. The molecule has 0 aromatic heterocycles. The molecule has 0 heterocycles. The fraction of sp³-hybridized carbons (Fsp3) is 0.733. The van der Waals surface area contributed by atoms with Gasteiger partial charge in [0.2, 0.25) is 5.91 Å². The number of hydrogen-bond donors (Lipinski definition) is 2. The predicted octanol–water partition coefficient (Wildman–Crippen LogP) is 1.37. The highest BCUT2D eigenvalue weighted by Crippen LogP contribution is 2.31. The zero-order valence-corrected chi connectivity index (χ0v) is 12.8. The summed E-state index contributed by atoms with van der Waals surface area (Å²) in [4.78, 5) is 23.1. The summed E-state index contributed by atoms with van der Waals surface area (Å²) in [5.41, 5.74) is 6.79. The minimum Gasteiger partial charge on any atom is -0.466 e. The Hall–Kier alpha value is -1.36. The molecular formula is C15H26N2O3. The summed E-state index contributed by atoms with van der Waals surface area (Å²) in [6, 6.07) is -0.179. The van der Waals surface area contributed by atoms with Crippen LogP contribution in [0.5, 0.6) is 0 Å². The molecule has 3 N–H and O–H groups in total. The highest BCUT2D eigenvalue weighted by atomic mass is 16.5. The number of amides is 1. The monoisotopic (exact) mass is 282 g/mol. The molecule has 1 aliphatic rings. The van der Waals surface area contributed by atoms with Crippen LogP contribution in [0.15, 0.2) is 11.6 Å². The molecule has 0 spiro atoms. The summed E-state index contributed by atoms with van der Waals surface area (Å²) in [5, 5.41) is 3.02. The van der Waals surface area contributed by atoms with Gasteiger partial charge in [0, 0.05) is 30.5 Å². The van der Waals surface area contributed by atoms with E-state index in [1.807, 2.05) is 6.08 Å². The van der Waals surface area contributed by atoms with E-state index in [1.54, 1.807) is 0 Å². The van der Waals surface area contributed by atoms with E-state index in [1.165, 1.54) is 14.0 Å². The molecule has 5 heteroatoms. The van der Waals surface area contributed by atoms with Crippen LogP contribution in [0.2, 0.25) is 0 Å². The third-order valence-corrected chi connectivity index (χ3v) is 4.13. The molecule has 0 unspecified atom stereocenters. The first-order valence-corrected chi connectivity index (χ1v) is 7.26. The highest BCUT2D eigenvalue weighted by molar-refractivity contribution is 5.89. The standard InChI is InChI=1S/C15H26N2O3/c1-5-10(6-2)14(17-9(3)18)12-7-11(8-13(12)16)15(19)20-4/h7,10,12-14H,5-6,8,16H2,1-4H3,(H,17,18)/t12-,13-,14+/m1/s1. The van der Waals surface area contributed by atoms with Gasteiger partial charge in [0.05, 0.1) is 7.11 Å². The second-order valence-corrected chi connectivity index (χ2v) is 5.43. The van der Waals surface area contributed by atoms with Gasteiger partial charge in [-0.15, -0.1) is 0 Å². The Balaban J connectivity index is 2.97. The summed E-state index contributed by atoms with van der Waals surface area (Å²) >= 11 is 0. The number of carbonyl (C=O) groups excluding carboxylic acids is 2. The lowest BCUT2D eigenvalue weighted by Crippen LogP contribution is -2.48. The number of nitrogens with two attached hydrogens (primary N) is 1. The van der Waals surface area contributed by atoms with Gasteiger partial charge in [0.15, 0.2) is 0 Å². The lowest BCUT2D eigenvalue weighted by Gasteiger charge is -2.32. The first-order valence-electron chi connectivity index (χ1n) is 7.26. The second kappa shape index (κ2) is 7.43. The maximum absolute atomic E-state index is 11.6. The van der Waals surface area contributed by atoms with Gasteiger partial charge in [-0.3, -0.25) is 4.79 Å². The Bertz CT molecular complexity index is 389. The molecular weight excluding hydrogens is 256 g/mol. The van der Waals surface area contributed by atoms with E-state index in [0.717, 1.165) is 12.8 Å². The largest absolute Gasteiger partial charge is 0.466 e. The van der Waals surface area contributed by atoms with E-state index in [4.69, 9.17) is 10.5 Å². The molecule has 0 bridgehead atoms. The average molecular weight is 282 g/mol. The van der Waals surface area contributed by atoms with Crippen molar-refractivity contribution >= 4 is 11.9 Å². The molecule has 3 atom stereocenters. The topological polar surface area (TPSA) is 81.4 Å². The molecule has 20 heavy (non-hydrogen) atoms. The van der Waals surface area contributed by atoms with Gasteiger partial charge >= 0.3 is 5.97 Å². The molecule has 0 fully saturated rings. The van der Waals surface area contributed by atoms with Crippen molar-refractivity contribution in [1.29, 1.82) is 0 Å². The molecule has 0 aromatic carbocycles. The Labute approximate surface area is 120 Å². The number of ether oxygens (including phenoxy) is 1. The van der Waals surface area contributed by atoms with Crippen molar-refractivity contribution in [2.24, 2.45) is 17.6 Å². The number of carbonyl (C=O) groups is 2. The van der Waals surface area contributed by atoms with Gasteiger partial charge in [-0.2, -0.15) is 0 Å². The molecule has 5 nitrogen and oxygen atoms in total. The van der Waals surface area contributed by atoms with Gasteiger partial charge in [0.1, 0.15) is 0 Å². The van der Waals surface area contributed by atoms with Crippen molar-refractivity contribution in [2.75, 3.05) is 7.11 Å². The van der Waals surface area contributed by atoms with Crippen molar-refractivity contribution in [3.8, 4) is 0 Å². The van der Waals surface area contributed by atoms with Gasteiger partial charge in [-0.1, -0.05) is 32.8 Å². The van der Waals surface area contributed by atoms with Gasteiger partial charge < -0.3 is 15.8 Å². The van der Waals surface area contributed by atoms with Crippen molar-refractivity contribution in [3.05, 3.63) is 11.6 Å². The fourth-order valence-electron chi connectivity index (χ4n) is 3.03. The summed E-state index contributed by atoms with van der Waals surface area (Å²) in [6.45, 7) is 5.73. The SMILES string of the molecule is CCC(CC)[C@H](NC(C)=O)[C@@H]1C=C(C(=O)OC)C[C@H]1N. The maximum Gasteiger partial charge on any atom is 0.333 e. The molecule has 0 aliphatic heterocycles. The van der Waals surface area contributed by atoms with Crippen molar-refractivity contribution in [1.82, 2.24) is 5.32 Å². The van der Waals surface area contributed by atoms with E-state index in [-0.39, 0.29) is 29.9 Å². The molecule has 0 radical (unpaired) electrons. The Kier molecular flexibility index (Phi) is 6.20. The number of rotatable bonds is 6. The molecule has 1 aliphatic carbocycles. The van der Waals surface area contributed by atoms with Crippen molar-refractivity contribution < 1.29 is 14.3 Å². The van der Waals surface area contributed by atoms with E-state index in [0.29, 0.717) is 17.9 Å². The van der Waals surface area contributed by atoms with Gasteiger partial charge in [-0.25, -0.2) is 4.79 Å². The van der Waals surface area contributed by atoms with Crippen LogP contribution in [0.1, 0.15) is 40.0 Å². The molecule has 0 saturated heterocycles. The lowest BCUT2D eigenvalue weighted by molar-refractivity contribution is -0.136. The van der Waals surface area contributed by atoms with Crippen LogP contribution >= 0.6 is 0 Å². The van der Waals surface area contributed by atoms with Crippen LogP contribution < -0.4 is 11.1 Å². The van der Waals surface area contributed by atoms with Crippen LogP contribution in [0, 0.1) is 11.8 Å². The van der Waals surface area contributed by atoms with Gasteiger partial charge in [-0.05, 0) is 12.3 Å². The fourth-order valence-corrected chi connectivity index (χ4v) is 3.03.